The molecule has 2 rings (SSSR count). The molecule has 0 spiro atoms. The zero-order valence-corrected chi connectivity index (χ0v) is 10.1. The molecule has 1 aromatic carbocycles. The fraction of sp³-hybridized carbons (Fsp3) is 0.250. The van der Waals surface area contributed by atoms with Crippen LogP contribution >= 0.6 is 0 Å². The van der Waals surface area contributed by atoms with Crippen molar-refractivity contribution < 1.29 is 4.79 Å². The van der Waals surface area contributed by atoms with Crippen LogP contribution in [0, 0.1) is 0 Å². The predicted octanol–water partition coefficient (Wildman–Crippen LogP) is 1.72. The van der Waals surface area contributed by atoms with Gasteiger partial charge in [-0.3, -0.25) is 0 Å². The van der Waals surface area contributed by atoms with Crippen LogP contribution < -0.4 is 4.90 Å². The van der Waals surface area contributed by atoms with Crippen LogP contribution in [0.1, 0.15) is 5.56 Å². The quantitative estimate of drug-likeness (QED) is 0.589. The van der Waals surface area contributed by atoms with Gasteiger partial charge in [-0.2, -0.15) is 0 Å². The molecule has 0 bridgehead atoms. The zero-order chi connectivity index (χ0) is 10.8. The van der Waals surface area contributed by atoms with Crippen LogP contribution in [-0.2, 0) is 11.2 Å². The number of amides is 1. The monoisotopic (exact) mass is 266 g/mol. The minimum absolute atomic E-state index is 0.0137. The van der Waals surface area contributed by atoms with Gasteiger partial charge in [-0.15, -0.1) is 0 Å². The molecule has 1 radical (unpaired) electrons. The number of carbonyl (C=O) groups is 1. The van der Waals surface area contributed by atoms with E-state index in [1.54, 1.807) is 0 Å². The van der Waals surface area contributed by atoms with Crippen molar-refractivity contribution in [2.24, 2.45) is 0 Å². The number of hydrogen-bond acceptors (Lipinski definition) is 1. The molecule has 0 aromatic heterocycles. The molecular formula is C12H12NOSe. The van der Waals surface area contributed by atoms with E-state index in [0.29, 0.717) is 0 Å². The topological polar surface area (TPSA) is 20.3 Å². The van der Waals surface area contributed by atoms with Crippen molar-refractivity contribution in [1.82, 2.24) is 0 Å². The number of benzene rings is 1. The summed E-state index contributed by atoms with van der Waals surface area (Å²) in [5.41, 5.74) is 2.27. The van der Waals surface area contributed by atoms with E-state index in [1.165, 1.54) is 11.6 Å². The van der Waals surface area contributed by atoms with Crippen molar-refractivity contribution in [3.05, 3.63) is 42.5 Å². The first-order valence-electron chi connectivity index (χ1n) is 4.89. The van der Waals surface area contributed by atoms with Crippen LogP contribution in [0.5, 0.6) is 0 Å². The van der Waals surface area contributed by atoms with E-state index in [0.717, 1.165) is 17.4 Å². The van der Waals surface area contributed by atoms with Crippen molar-refractivity contribution >= 4 is 27.6 Å². The third-order valence-corrected chi connectivity index (χ3v) is 3.48. The number of carbonyl (C=O) groups excluding carboxylic acids is 1. The van der Waals surface area contributed by atoms with Crippen molar-refractivity contribution in [3.63, 3.8) is 0 Å². The first-order chi connectivity index (χ1) is 7.27. The van der Waals surface area contributed by atoms with E-state index in [2.05, 4.69) is 28.7 Å². The fourth-order valence-electron chi connectivity index (χ4n) is 1.99. The van der Waals surface area contributed by atoms with Gasteiger partial charge in [0.15, 0.2) is 0 Å². The fourth-order valence-corrected chi connectivity index (χ4v) is 2.55. The summed E-state index contributed by atoms with van der Waals surface area (Å²) < 4.78 is 0. The first-order valence-corrected chi connectivity index (χ1v) is 6.10. The van der Waals surface area contributed by atoms with Crippen molar-refractivity contribution in [2.75, 3.05) is 4.90 Å². The molecule has 3 heteroatoms. The van der Waals surface area contributed by atoms with Gasteiger partial charge >= 0.3 is 97.6 Å². The van der Waals surface area contributed by atoms with E-state index >= 15 is 0 Å². The molecule has 1 heterocycles. The van der Waals surface area contributed by atoms with Crippen LogP contribution in [-0.4, -0.2) is 28.0 Å². The van der Waals surface area contributed by atoms with Crippen molar-refractivity contribution in [1.29, 1.82) is 0 Å². The second kappa shape index (κ2) is 4.21. The molecule has 2 nitrogen and oxygen atoms in total. The molecule has 1 atom stereocenters. The standard InChI is InChI=1S/C12H12NOSe/c1-2-12(14)13-10(8-15)7-9-5-3-4-6-11(9)13/h2-6,10H,1,7-8H2. The SMILES string of the molecule is C=CC(=O)N1c2ccccc2CC1C[Se]. The maximum absolute atomic E-state index is 11.7. The summed E-state index contributed by atoms with van der Waals surface area (Å²) in [6.45, 7) is 3.55. The van der Waals surface area contributed by atoms with Gasteiger partial charge < -0.3 is 0 Å². The normalized spacial score (nSPS) is 18.7. The van der Waals surface area contributed by atoms with E-state index in [9.17, 15) is 4.79 Å². The van der Waals surface area contributed by atoms with Gasteiger partial charge in [0.2, 0.25) is 0 Å². The summed E-state index contributed by atoms with van der Waals surface area (Å²) in [6.07, 6.45) is 2.31. The Labute approximate surface area is 97.8 Å². The first kappa shape index (κ1) is 10.5. The number of anilines is 1. The van der Waals surface area contributed by atoms with Crippen molar-refractivity contribution in [2.45, 2.75) is 17.8 Å². The average molecular weight is 265 g/mol. The second-order valence-electron chi connectivity index (χ2n) is 3.57. The van der Waals surface area contributed by atoms with E-state index in [-0.39, 0.29) is 11.9 Å². The minimum atomic E-state index is -0.0137. The summed E-state index contributed by atoms with van der Waals surface area (Å²) in [4.78, 5) is 13.6. The zero-order valence-electron chi connectivity index (χ0n) is 8.35. The summed E-state index contributed by atoms with van der Waals surface area (Å²) in [5.74, 6) is -0.0137. The summed E-state index contributed by atoms with van der Waals surface area (Å²) >= 11 is 3.00. The Morgan fingerprint density at radius 1 is 1.60 bits per heavy atom. The molecule has 1 aliphatic heterocycles. The van der Waals surface area contributed by atoms with Gasteiger partial charge in [-0.05, 0) is 0 Å². The van der Waals surface area contributed by atoms with E-state index in [1.807, 2.05) is 23.1 Å². The molecule has 1 aromatic rings. The summed E-state index contributed by atoms with van der Waals surface area (Å²) in [5, 5.41) is 0.855. The van der Waals surface area contributed by atoms with Crippen LogP contribution in [0.25, 0.3) is 0 Å². The number of nitrogens with zero attached hydrogens (tertiary/aromatic N) is 1. The van der Waals surface area contributed by atoms with Gasteiger partial charge in [0, 0.05) is 0 Å². The van der Waals surface area contributed by atoms with Crippen LogP contribution in [0.2, 0.25) is 5.32 Å². The Balaban J connectivity index is 2.42. The predicted molar refractivity (Wildman–Crippen MR) is 62.2 cm³/mol. The van der Waals surface area contributed by atoms with Crippen LogP contribution in [0.3, 0.4) is 0 Å². The number of hydrogen-bond donors (Lipinski definition) is 0. The third kappa shape index (κ3) is 1.73. The Morgan fingerprint density at radius 3 is 3.00 bits per heavy atom. The van der Waals surface area contributed by atoms with Crippen LogP contribution in [0.15, 0.2) is 36.9 Å². The van der Waals surface area contributed by atoms with Crippen LogP contribution in [0.4, 0.5) is 5.69 Å². The van der Waals surface area contributed by atoms with E-state index in [4.69, 9.17) is 0 Å². The molecule has 77 valence electrons. The van der Waals surface area contributed by atoms with Gasteiger partial charge in [0.05, 0.1) is 0 Å². The Kier molecular flexibility index (Phi) is 2.94. The van der Waals surface area contributed by atoms with Crippen molar-refractivity contribution in [3.8, 4) is 0 Å². The molecule has 0 N–H and O–H groups in total. The summed E-state index contributed by atoms with van der Waals surface area (Å²) in [7, 11) is 0. The molecule has 1 unspecified atom stereocenters. The Hall–Kier alpha value is -1.05. The maximum atomic E-state index is 11.7. The molecule has 1 amide bonds. The number of para-hydroxylation sites is 1. The second-order valence-corrected chi connectivity index (χ2v) is 4.27. The molecule has 15 heavy (non-hydrogen) atoms. The van der Waals surface area contributed by atoms with E-state index < -0.39 is 0 Å². The number of fused-ring (bicyclic) bond motifs is 1. The number of rotatable bonds is 2. The van der Waals surface area contributed by atoms with Gasteiger partial charge in [-0.25, -0.2) is 0 Å². The van der Waals surface area contributed by atoms with Gasteiger partial charge in [0.25, 0.3) is 0 Å². The molecule has 0 aliphatic carbocycles. The van der Waals surface area contributed by atoms with Gasteiger partial charge in [0.1, 0.15) is 0 Å². The molecule has 1 aliphatic rings. The molecule has 0 saturated heterocycles. The third-order valence-electron chi connectivity index (χ3n) is 2.68. The molecular weight excluding hydrogens is 253 g/mol. The Morgan fingerprint density at radius 2 is 2.33 bits per heavy atom. The Bertz CT molecular complexity index is 402. The molecule has 0 saturated carbocycles. The summed E-state index contributed by atoms with van der Waals surface area (Å²) in [6, 6.07) is 8.29. The van der Waals surface area contributed by atoms with Gasteiger partial charge in [-0.1, -0.05) is 0 Å². The molecule has 0 fully saturated rings. The average Bonchev–Trinajstić information content (AvgIpc) is 2.66.